The fourth-order valence-corrected chi connectivity index (χ4v) is 3.65. The van der Waals surface area contributed by atoms with E-state index < -0.39 is 0 Å². The molecule has 0 saturated carbocycles. The molecule has 0 bridgehead atoms. The van der Waals surface area contributed by atoms with E-state index in [1.807, 2.05) is 60.7 Å². The number of methoxy groups -OCH3 is 1. The van der Waals surface area contributed by atoms with Crippen LogP contribution in [0.5, 0.6) is 5.75 Å². The standard InChI is InChI=1S/C25H20N4O/c1-30-22-15-9-8-14-21(22)28-24-23-20(18-10-4-2-5-11-18)16-29(25(23)27-17-26-24)19-12-6-3-7-13-19/h2-17H,1H3,(H,26,27,28). The van der Waals surface area contributed by atoms with Gasteiger partial charge in [-0.15, -0.1) is 0 Å². The normalized spacial score (nSPS) is 10.8. The summed E-state index contributed by atoms with van der Waals surface area (Å²) in [5.41, 5.74) is 4.91. The molecule has 30 heavy (non-hydrogen) atoms. The first-order valence-electron chi connectivity index (χ1n) is 9.72. The van der Waals surface area contributed by atoms with E-state index in [0.717, 1.165) is 45.1 Å². The SMILES string of the molecule is COc1ccccc1Nc1ncnc2c1c(-c1ccccc1)cn2-c1ccccc1. The van der Waals surface area contributed by atoms with Gasteiger partial charge in [0.05, 0.1) is 18.2 Å². The summed E-state index contributed by atoms with van der Waals surface area (Å²) >= 11 is 0. The summed E-state index contributed by atoms with van der Waals surface area (Å²) in [6.07, 6.45) is 3.71. The zero-order valence-corrected chi connectivity index (χ0v) is 16.5. The number of nitrogens with zero attached hydrogens (tertiary/aromatic N) is 3. The van der Waals surface area contributed by atoms with Gasteiger partial charge < -0.3 is 14.6 Å². The molecule has 5 heteroatoms. The average molecular weight is 392 g/mol. The number of aromatic nitrogens is 3. The van der Waals surface area contributed by atoms with Crippen LogP contribution in [0.15, 0.2) is 97.5 Å². The summed E-state index contributed by atoms with van der Waals surface area (Å²) in [6.45, 7) is 0. The van der Waals surface area contributed by atoms with E-state index in [1.165, 1.54) is 0 Å². The molecule has 0 spiro atoms. The lowest BCUT2D eigenvalue weighted by molar-refractivity contribution is 0.417. The number of anilines is 2. The van der Waals surface area contributed by atoms with Crippen LogP contribution in [-0.2, 0) is 0 Å². The monoisotopic (exact) mass is 392 g/mol. The molecule has 0 saturated heterocycles. The second kappa shape index (κ2) is 7.72. The van der Waals surface area contributed by atoms with Crippen molar-refractivity contribution in [2.45, 2.75) is 0 Å². The third kappa shape index (κ3) is 3.16. The maximum absolute atomic E-state index is 5.51. The van der Waals surface area contributed by atoms with Gasteiger partial charge in [-0.2, -0.15) is 0 Å². The van der Waals surface area contributed by atoms with Crippen molar-refractivity contribution in [2.24, 2.45) is 0 Å². The van der Waals surface area contributed by atoms with Crippen molar-refractivity contribution < 1.29 is 4.74 Å². The van der Waals surface area contributed by atoms with Gasteiger partial charge in [-0.3, -0.25) is 0 Å². The van der Waals surface area contributed by atoms with E-state index >= 15 is 0 Å². The molecule has 0 atom stereocenters. The Morgan fingerprint density at radius 1 is 0.800 bits per heavy atom. The molecule has 5 rings (SSSR count). The number of ether oxygens (including phenoxy) is 1. The van der Waals surface area contributed by atoms with Gasteiger partial charge in [0.1, 0.15) is 17.9 Å². The van der Waals surface area contributed by atoms with Crippen LogP contribution in [-0.4, -0.2) is 21.6 Å². The van der Waals surface area contributed by atoms with Gasteiger partial charge >= 0.3 is 0 Å². The van der Waals surface area contributed by atoms with E-state index in [9.17, 15) is 0 Å². The average Bonchev–Trinajstić information content (AvgIpc) is 3.21. The highest BCUT2D eigenvalue weighted by atomic mass is 16.5. The van der Waals surface area contributed by atoms with Crippen molar-refractivity contribution in [1.82, 2.24) is 14.5 Å². The van der Waals surface area contributed by atoms with Gasteiger partial charge in [-0.05, 0) is 29.8 Å². The first kappa shape index (κ1) is 17.9. The summed E-state index contributed by atoms with van der Waals surface area (Å²) in [4.78, 5) is 9.21. The maximum Gasteiger partial charge on any atom is 0.150 e. The number of fused-ring (bicyclic) bond motifs is 1. The minimum absolute atomic E-state index is 0.734. The number of rotatable bonds is 5. The zero-order valence-electron chi connectivity index (χ0n) is 16.5. The summed E-state index contributed by atoms with van der Waals surface area (Å²) in [5, 5.41) is 4.41. The molecule has 0 aliphatic carbocycles. The van der Waals surface area contributed by atoms with E-state index in [-0.39, 0.29) is 0 Å². The Labute approximate surface area is 174 Å². The summed E-state index contributed by atoms with van der Waals surface area (Å²) in [6, 6.07) is 28.3. The van der Waals surface area contributed by atoms with E-state index in [1.54, 1.807) is 13.4 Å². The molecule has 2 aromatic heterocycles. The summed E-state index contributed by atoms with van der Waals surface area (Å²) in [5.74, 6) is 1.49. The molecule has 3 aromatic carbocycles. The fourth-order valence-electron chi connectivity index (χ4n) is 3.65. The Hall–Kier alpha value is -4.12. The van der Waals surface area contributed by atoms with Crippen molar-refractivity contribution in [1.29, 1.82) is 0 Å². The molecule has 0 amide bonds. The Balaban J connectivity index is 1.75. The second-order valence-electron chi connectivity index (χ2n) is 6.86. The van der Waals surface area contributed by atoms with E-state index in [2.05, 4.69) is 50.3 Å². The summed E-state index contributed by atoms with van der Waals surface area (Å²) in [7, 11) is 1.66. The Morgan fingerprint density at radius 3 is 2.27 bits per heavy atom. The first-order chi connectivity index (χ1) is 14.8. The molecular weight excluding hydrogens is 372 g/mol. The molecule has 0 aliphatic rings. The van der Waals surface area contributed by atoms with E-state index in [4.69, 9.17) is 4.74 Å². The number of benzene rings is 3. The van der Waals surface area contributed by atoms with Gasteiger partial charge in [0.25, 0.3) is 0 Å². The quantitative estimate of drug-likeness (QED) is 0.408. The highest BCUT2D eigenvalue weighted by Gasteiger charge is 2.18. The number of hydrogen-bond donors (Lipinski definition) is 1. The molecule has 5 aromatic rings. The van der Waals surface area contributed by atoms with Crippen LogP contribution >= 0.6 is 0 Å². The smallest absolute Gasteiger partial charge is 0.150 e. The second-order valence-corrected chi connectivity index (χ2v) is 6.86. The molecule has 0 aliphatic heterocycles. The lowest BCUT2D eigenvalue weighted by Gasteiger charge is -2.12. The fraction of sp³-hybridized carbons (Fsp3) is 0.0400. The zero-order chi connectivity index (χ0) is 20.3. The van der Waals surface area contributed by atoms with Crippen LogP contribution in [0.25, 0.3) is 27.8 Å². The largest absolute Gasteiger partial charge is 0.495 e. The van der Waals surface area contributed by atoms with Crippen LogP contribution in [0.4, 0.5) is 11.5 Å². The Kier molecular flexibility index (Phi) is 4.62. The molecule has 1 N–H and O–H groups in total. The van der Waals surface area contributed by atoms with E-state index in [0.29, 0.717) is 0 Å². The van der Waals surface area contributed by atoms with Crippen LogP contribution < -0.4 is 10.1 Å². The summed E-state index contributed by atoms with van der Waals surface area (Å²) < 4.78 is 7.61. The van der Waals surface area contributed by atoms with Crippen LogP contribution in [0.2, 0.25) is 0 Å². The van der Waals surface area contributed by atoms with Gasteiger partial charge in [0.2, 0.25) is 0 Å². The number of nitrogens with one attached hydrogen (secondary N) is 1. The predicted molar refractivity (Wildman–Crippen MR) is 121 cm³/mol. The minimum atomic E-state index is 0.734. The van der Waals surface area contributed by atoms with Gasteiger partial charge in [-0.1, -0.05) is 60.7 Å². The molecule has 146 valence electrons. The van der Waals surface area contributed by atoms with Crippen LogP contribution in [0, 0.1) is 0 Å². The molecule has 0 unspecified atom stereocenters. The third-order valence-corrected chi connectivity index (χ3v) is 5.06. The lowest BCUT2D eigenvalue weighted by Crippen LogP contribution is -1.99. The first-order valence-corrected chi connectivity index (χ1v) is 9.72. The number of hydrogen-bond acceptors (Lipinski definition) is 4. The van der Waals surface area contributed by atoms with Crippen LogP contribution in [0.1, 0.15) is 0 Å². The topological polar surface area (TPSA) is 52.0 Å². The third-order valence-electron chi connectivity index (χ3n) is 5.06. The Morgan fingerprint density at radius 2 is 1.50 bits per heavy atom. The van der Waals surface area contributed by atoms with Gasteiger partial charge in [0, 0.05) is 17.4 Å². The molecule has 2 heterocycles. The molecule has 0 radical (unpaired) electrons. The molecule has 0 fully saturated rings. The van der Waals surface area contributed by atoms with Crippen molar-refractivity contribution >= 4 is 22.5 Å². The highest BCUT2D eigenvalue weighted by Crippen LogP contribution is 2.37. The lowest BCUT2D eigenvalue weighted by atomic mass is 10.1. The van der Waals surface area contributed by atoms with Gasteiger partial charge in [0.15, 0.2) is 5.65 Å². The van der Waals surface area contributed by atoms with Crippen molar-refractivity contribution in [3.05, 3.63) is 97.5 Å². The van der Waals surface area contributed by atoms with Crippen molar-refractivity contribution in [3.63, 3.8) is 0 Å². The van der Waals surface area contributed by atoms with Crippen molar-refractivity contribution in [2.75, 3.05) is 12.4 Å². The maximum atomic E-state index is 5.51. The molecular formula is C25H20N4O. The van der Waals surface area contributed by atoms with Gasteiger partial charge in [-0.25, -0.2) is 9.97 Å². The van der Waals surface area contributed by atoms with Crippen LogP contribution in [0.3, 0.4) is 0 Å². The number of para-hydroxylation sites is 3. The predicted octanol–water partition coefficient (Wildman–Crippen LogP) is 5.84. The Bertz CT molecular complexity index is 1300. The molecule has 5 nitrogen and oxygen atoms in total. The highest BCUT2D eigenvalue weighted by molar-refractivity contribution is 6.03. The minimum Gasteiger partial charge on any atom is -0.495 e. The van der Waals surface area contributed by atoms with Crippen molar-refractivity contribution in [3.8, 4) is 22.6 Å².